The zero-order valence-electron chi connectivity index (χ0n) is 13.4. The Balaban J connectivity index is 1.67. The van der Waals surface area contributed by atoms with E-state index in [2.05, 4.69) is 10.3 Å². The van der Waals surface area contributed by atoms with Crippen LogP contribution < -0.4 is 15.7 Å². The van der Waals surface area contributed by atoms with Crippen LogP contribution in [0.2, 0.25) is 5.02 Å². The molecule has 0 aliphatic carbocycles. The van der Waals surface area contributed by atoms with Crippen LogP contribution in [0.25, 0.3) is 11.0 Å². The smallest absolute Gasteiger partial charge is 0.336 e. The third-order valence-electron chi connectivity index (χ3n) is 3.60. The number of benzene rings is 1. The van der Waals surface area contributed by atoms with Crippen molar-refractivity contribution in [1.82, 2.24) is 10.3 Å². The lowest BCUT2D eigenvalue weighted by Gasteiger charge is -2.10. The minimum atomic E-state index is -0.451. The van der Waals surface area contributed by atoms with E-state index in [-0.39, 0.29) is 18.3 Å². The molecular formula is C18H15ClN2O4. The second-order valence-corrected chi connectivity index (χ2v) is 5.86. The molecule has 0 spiro atoms. The van der Waals surface area contributed by atoms with Crippen molar-refractivity contribution in [3.63, 3.8) is 0 Å². The summed E-state index contributed by atoms with van der Waals surface area (Å²) in [4.78, 5) is 27.3. The molecule has 1 N–H and O–H groups in total. The zero-order chi connectivity index (χ0) is 17.8. The predicted molar refractivity (Wildman–Crippen MR) is 93.8 cm³/mol. The Morgan fingerprint density at radius 1 is 1.28 bits per heavy atom. The van der Waals surface area contributed by atoms with Crippen molar-refractivity contribution in [3.8, 4) is 5.75 Å². The van der Waals surface area contributed by atoms with Crippen LogP contribution in [0, 0.1) is 6.92 Å². The van der Waals surface area contributed by atoms with Gasteiger partial charge in [0, 0.05) is 36.5 Å². The minimum absolute atomic E-state index is 0.202. The summed E-state index contributed by atoms with van der Waals surface area (Å²) in [6, 6.07) is 8.19. The van der Waals surface area contributed by atoms with E-state index in [0.717, 1.165) is 16.5 Å². The minimum Gasteiger partial charge on any atom is -0.482 e. The molecule has 0 saturated heterocycles. The fraction of sp³-hybridized carbons (Fsp3) is 0.167. The first-order valence-corrected chi connectivity index (χ1v) is 7.93. The van der Waals surface area contributed by atoms with Gasteiger partial charge in [-0.1, -0.05) is 11.6 Å². The second kappa shape index (κ2) is 7.36. The van der Waals surface area contributed by atoms with E-state index < -0.39 is 5.63 Å². The van der Waals surface area contributed by atoms with Gasteiger partial charge in [0.05, 0.1) is 5.02 Å². The molecule has 0 aliphatic heterocycles. The summed E-state index contributed by atoms with van der Waals surface area (Å²) >= 11 is 6.19. The zero-order valence-corrected chi connectivity index (χ0v) is 14.2. The monoisotopic (exact) mass is 358 g/mol. The highest BCUT2D eigenvalue weighted by molar-refractivity contribution is 6.32. The highest BCUT2D eigenvalue weighted by Crippen LogP contribution is 2.30. The van der Waals surface area contributed by atoms with Crippen LogP contribution in [-0.2, 0) is 11.3 Å². The summed E-state index contributed by atoms with van der Waals surface area (Å²) in [5.74, 6) is -0.0133. The molecular weight excluding hydrogens is 344 g/mol. The molecule has 0 fully saturated rings. The summed E-state index contributed by atoms with van der Waals surface area (Å²) in [5, 5.41) is 3.80. The Morgan fingerprint density at radius 3 is 2.80 bits per heavy atom. The van der Waals surface area contributed by atoms with E-state index in [4.69, 9.17) is 20.8 Å². The van der Waals surface area contributed by atoms with Gasteiger partial charge >= 0.3 is 5.63 Å². The average molecular weight is 359 g/mol. The number of aryl methyl sites for hydroxylation is 1. The highest BCUT2D eigenvalue weighted by Gasteiger charge is 2.11. The standard InChI is InChI=1S/C18H15ClN2O4/c1-11-6-18(23)25-15-8-16(14(19)7-13(11)15)24-10-17(22)21-9-12-2-4-20-5-3-12/h2-8H,9-10H2,1H3,(H,21,22). The van der Waals surface area contributed by atoms with Crippen molar-refractivity contribution in [1.29, 1.82) is 0 Å². The van der Waals surface area contributed by atoms with Crippen LogP contribution in [0.1, 0.15) is 11.1 Å². The van der Waals surface area contributed by atoms with Crippen LogP contribution in [0.4, 0.5) is 0 Å². The Hall–Kier alpha value is -2.86. The molecule has 1 amide bonds. The molecule has 6 nitrogen and oxygen atoms in total. The molecule has 1 aromatic carbocycles. The Labute approximate surface area is 148 Å². The molecule has 0 saturated carbocycles. The van der Waals surface area contributed by atoms with Gasteiger partial charge in [0.25, 0.3) is 5.91 Å². The SMILES string of the molecule is Cc1cc(=O)oc2cc(OCC(=O)NCc3ccncc3)c(Cl)cc12. The first-order valence-electron chi connectivity index (χ1n) is 7.55. The number of carbonyl (C=O) groups excluding carboxylic acids is 1. The summed E-state index contributed by atoms with van der Waals surface area (Å²) in [6.07, 6.45) is 3.31. The van der Waals surface area contributed by atoms with Crippen LogP contribution >= 0.6 is 11.6 Å². The quantitative estimate of drug-likeness (QED) is 0.709. The molecule has 3 rings (SSSR count). The van der Waals surface area contributed by atoms with Gasteiger partial charge in [-0.25, -0.2) is 4.79 Å². The molecule has 3 aromatic rings. The van der Waals surface area contributed by atoms with Gasteiger partial charge in [0.2, 0.25) is 0 Å². The summed E-state index contributed by atoms with van der Waals surface area (Å²) < 4.78 is 10.6. The fourth-order valence-corrected chi connectivity index (χ4v) is 2.54. The van der Waals surface area contributed by atoms with Crippen molar-refractivity contribution < 1.29 is 13.9 Å². The number of hydrogen-bond donors (Lipinski definition) is 1. The molecule has 0 radical (unpaired) electrons. The lowest BCUT2D eigenvalue weighted by molar-refractivity contribution is -0.123. The predicted octanol–water partition coefficient (Wildman–Crippen LogP) is 2.85. The van der Waals surface area contributed by atoms with E-state index >= 15 is 0 Å². The Bertz CT molecular complexity index is 970. The van der Waals surface area contributed by atoms with E-state index in [1.807, 2.05) is 12.1 Å². The molecule has 7 heteroatoms. The molecule has 2 aromatic heterocycles. The second-order valence-electron chi connectivity index (χ2n) is 5.45. The average Bonchev–Trinajstić information content (AvgIpc) is 2.60. The number of nitrogens with one attached hydrogen (secondary N) is 1. The van der Waals surface area contributed by atoms with Gasteiger partial charge in [-0.15, -0.1) is 0 Å². The van der Waals surface area contributed by atoms with Crippen molar-refractivity contribution in [2.75, 3.05) is 6.61 Å². The molecule has 0 atom stereocenters. The maximum Gasteiger partial charge on any atom is 0.336 e. The molecule has 128 valence electrons. The van der Waals surface area contributed by atoms with Crippen LogP contribution in [-0.4, -0.2) is 17.5 Å². The lowest BCUT2D eigenvalue weighted by atomic mass is 10.1. The normalized spacial score (nSPS) is 10.6. The summed E-state index contributed by atoms with van der Waals surface area (Å²) in [5.41, 5.74) is 1.61. The topological polar surface area (TPSA) is 81.4 Å². The fourth-order valence-electron chi connectivity index (χ4n) is 2.33. The number of pyridine rings is 1. The van der Waals surface area contributed by atoms with Crippen molar-refractivity contribution in [3.05, 3.63) is 69.3 Å². The van der Waals surface area contributed by atoms with Gasteiger partial charge in [-0.3, -0.25) is 9.78 Å². The molecule has 0 bridgehead atoms. The number of nitrogens with zero attached hydrogens (tertiary/aromatic N) is 1. The summed E-state index contributed by atoms with van der Waals surface area (Å²) in [7, 11) is 0. The number of fused-ring (bicyclic) bond motifs is 1. The van der Waals surface area contributed by atoms with Gasteiger partial charge in [-0.05, 0) is 36.2 Å². The Morgan fingerprint density at radius 2 is 2.04 bits per heavy atom. The third kappa shape index (κ3) is 4.16. The van der Waals surface area contributed by atoms with E-state index in [0.29, 0.717) is 17.2 Å². The number of hydrogen-bond acceptors (Lipinski definition) is 5. The summed E-state index contributed by atoms with van der Waals surface area (Å²) in [6.45, 7) is 1.97. The van der Waals surface area contributed by atoms with Crippen molar-refractivity contribution in [2.45, 2.75) is 13.5 Å². The highest BCUT2D eigenvalue weighted by atomic mass is 35.5. The molecule has 2 heterocycles. The van der Waals surface area contributed by atoms with E-state index in [1.54, 1.807) is 25.4 Å². The number of carbonyl (C=O) groups is 1. The number of amides is 1. The van der Waals surface area contributed by atoms with Gasteiger partial charge in [0.15, 0.2) is 6.61 Å². The Kier molecular flexibility index (Phi) is 5.00. The van der Waals surface area contributed by atoms with E-state index in [9.17, 15) is 9.59 Å². The van der Waals surface area contributed by atoms with Crippen molar-refractivity contribution in [2.24, 2.45) is 0 Å². The van der Waals surface area contributed by atoms with Crippen LogP contribution in [0.15, 0.2) is 51.9 Å². The maximum absolute atomic E-state index is 11.9. The number of aromatic nitrogens is 1. The van der Waals surface area contributed by atoms with E-state index in [1.165, 1.54) is 12.1 Å². The van der Waals surface area contributed by atoms with Gasteiger partial charge < -0.3 is 14.5 Å². The van der Waals surface area contributed by atoms with Crippen LogP contribution in [0.3, 0.4) is 0 Å². The first-order chi connectivity index (χ1) is 12.0. The largest absolute Gasteiger partial charge is 0.482 e. The van der Waals surface area contributed by atoms with Crippen LogP contribution in [0.5, 0.6) is 5.75 Å². The number of ether oxygens (including phenoxy) is 1. The maximum atomic E-state index is 11.9. The number of halogens is 1. The lowest BCUT2D eigenvalue weighted by Crippen LogP contribution is -2.28. The molecule has 0 unspecified atom stereocenters. The van der Waals surface area contributed by atoms with Crippen molar-refractivity contribution >= 4 is 28.5 Å². The molecule has 25 heavy (non-hydrogen) atoms. The first kappa shape index (κ1) is 17.0. The third-order valence-corrected chi connectivity index (χ3v) is 3.90. The number of rotatable bonds is 5. The van der Waals surface area contributed by atoms with Gasteiger partial charge in [0.1, 0.15) is 11.3 Å². The molecule has 0 aliphatic rings. The van der Waals surface area contributed by atoms with Gasteiger partial charge in [-0.2, -0.15) is 0 Å².